The highest BCUT2D eigenvalue weighted by Crippen LogP contribution is 2.05. The van der Waals surface area contributed by atoms with Crippen LogP contribution in [0.5, 0.6) is 0 Å². The second-order valence-corrected chi connectivity index (χ2v) is 4.27. The van der Waals surface area contributed by atoms with Crippen LogP contribution in [-0.2, 0) is 9.53 Å². The largest absolute Gasteiger partial charge is 0.449 e. The lowest BCUT2D eigenvalue weighted by molar-refractivity contribution is -0.123. The number of nitrogens with zero attached hydrogens (tertiary/aromatic N) is 1. The van der Waals surface area contributed by atoms with E-state index in [1.165, 1.54) is 0 Å². The third-order valence-electron chi connectivity index (χ3n) is 2.34. The van der Waals surface area contributed by atoms with Crippen molar-refractivity contribution >= 4 is 40.6 Å². The molecular formula is C11H14IN3O4. The molecule has 0 aliphatic carbocycles. The fourth-order valence-electron chi connectivity index (χ4n) is 1.39. The second kappa shape index (κ2) is 7.83. The van der Waals surface area contributed by atoms with Crippen molar-refractivity contribution in [2.24, 2.45) is 0 Å². The molecule has 0 bridgehead atoms. The van der Waals surface area contributed by atoms with E-state index < -0.39 is 24.2 Å². The summed E-state index contributed by atoms with van der Waals surface area (Å²) in [5.41, 5.74) is 0. The van der Waals surface area contributed by atoms with Crippen LogP contribution in [0.15, 0.2) is 0 Å². The van der Waals surface area contributed by atoms with Gasteiger partial charge in [0.15, 0.2) is 6.17 Å². The van der Waals surface area contributed by atoms with Gasteiger partial charge in [0.05, 0.1) is 13.2 Å². The van der Waals surface area contributed by atoms with Crippen molar-refractivity contribution in [3.8, 4) is 9.85 Å². The van der Waals surface area contributed by atoms with Gasteiger partial charge >= 0.3 is 12.1 Å². The number of imide groups is 1. The van der Waals surface area contributed by atoms with Crippen LogP contribution in [0.1, 0.15) is 19.8 Å². The van der Waals surface area contributed by atoms with E-state index in [0.29, 0.717) is 0 Å². The lowest BCUT2D eigenvalue weighted by Crippen LogP contribution is -2.50. The van der Waals surface area contributed by atoms with E-state index in [-0.39, 0.29) is 13.2 Å². The molecule has 1 saturated heterocycles. The molecule has 7 nitrogen and oxygen atoms in total. The van der Waals surface area contributed by atoms with E-state index in [1.807, 2.05) is 29.5 Å². The van der Waals surface area contributed by atoms with Gasteiger partial charge in [-0.1, -0.05) is 19.3 Å². The molecule has 0 spiro atoms. The molecule has 1 unspecified atom stereocenters. The highest BCUT2D eigenvalue weighted by Gasteiger charge is 2.37. The number of urea groups is 1. The Labute approximate surface area is 124 Å². The number of hydrogen-bond acceptors (Lipinski definition) is 4. The van der Waals surface area contributed by atoms with Crippen molar-refractivity contribution in [2.75, 3.05) is 13.2 Å². The predicted molar refractivity (Wildman–Crippen MR) is 75.2 cm³/mol. The number of hydrogen-bond donors (Lipinski definition) is 2. The van der Waals surface area contributed by atoms with Gasteiger partial charge in [-0.2, -0.15) is 0 Å². The Balaban J connectivity index is 2.69. The van der Waals surface area contributed by atoms with Gasteiger partial charge in [-0.25, -0.2) is 9.59 Å². The van der Waals surface area contributed by atoms with Gasteiger partial charge in [-0.05, 0) is 10.3 Å². The Morgan fingerprint density at radius 3 is 2.79 bits per heavy atom. The van der Waals surface area contributed by atoms with Crippen molar-refractivity contribution in [1.82, 2.24) is 15.5 Å². The minimum Gasteiger partial charge on any atom is -0.449 e. The summed E-state index contributed by atoms with van der Waals surface area (Å²) in [6, 6.07) is -0.635. The first-order valence-electron chi connectivity index (χ1n) is 5.73. The Bertz CT molecular complexity index is 429. The molecule has 4 amide bonds. The first kappa shape index (κ1) is 15.6. The Morgan fingerprint density at radius 1 is 1.53 bits per heavy atom. The molecule has 2 N–H and O–H groups in total. The minimum atomic E-state index is -1.07. The summed E-state index contributed by atoms with van der Waals surface area (Å²) in [4.78, 5) is 35.5. The lowest BCUT2D eigenvalue weighted by atomic mass is 10.4. The van der Waals surface area contributed by atoms with Crippen molar-refractivity contribution in [2.45, 2.75) is 25.9 Å². The molecule has 8 heteroatoms. The standard InChI is InChI=1S/C11H14IN3O4/c1-2-3-7-19-11(18)15(6-4-5-12)8-9(16)14-10(17)13-8/h8H,2-3,6-7H2,1H3,(H2,13,14,16,17). The number of unbranched alkanes of at least 4 members (excludes halogenated alkanes) is 1. The van der Waals surface area contributed by atoms with Crippen molar-refractivity contribution in [1.29, 1.82) is 0 Å². The summed E-state index contributed by atoms with van der Waals surface area (Å²) < 4.78 is 7.62. The third-order valence-corrected chi connectivity index (χ3v) is 2.72. The summed E-state index contributed by atoms with van der Waals surface area (Å²) in [6.07, 6.45) is -0.115. The molecule has 0 aromatic heterocycles. The molecule has 104 valence electrons. The number of rotatable bonds is 5. The van der Waals surface area contributed by atoms with Crippen molar-refractivity contribution in [3.63, 3.8) is 0 Å². The zero-order chi connectivity index (χ0) is 14.3. The number of amides is 4. The van der Waals surface area contributed by atoms with Crippen LogP contribution in [0.2, 0.25) is 0 Å². The van der Waals surface area contributed by atoms with E-state index in [2.05, 4.69) is 20.5 Å². The quantitative estimate of drug-likeness (QED) is 0.320. The zero-order valence-electron chi connectivity index (χ0n) is 10.4. The Hall–Kier alpha value is -1.50. The monoisotopic (exact) mass is 379 g/mol. The molecule has 19 heavy (non-hydrogen) atoms. The highest BCUT2D eigenvalue weighted by atomic mass is 127. The summed E-state index contributed by atoms with van der Waals surface area (Å²) in [5.74, 6) is 2.07. The Kier molecular flexibility index (Phi) is 6.41. The van der Waals surface area contributed by atoms with Crippen LogP contribution in [-0.4, -0.2) is 42.2 Å². The molecule has 0 radical (unpaired) electrons. The minimum absolute atomic E-state index is 0.00622. The van der Waals surface area contributed by atoms with Crippen LogP contribution in [0.3, 0.4) is 0 Å². The fraction of sp³-hybridized carbons (Fsp3) is 0.545. The smallest absolute Gasteiger partial charge is 0.412 e. The number of ether oxygens (including phenoxy) is 1. The summed E-state index contributed by atoms with van der Waals surface area (Å²) in [5, 5.41) is 4.40. The molecular weight excluding hydrogens is 365 g/mol. The fourth-order valence-corrected chi connectivity index (χ4v) is 1.56. The van der Waals surface area contributed by atoms with E-state index in [1.54, 1.807) is 0 Å². The van der Waals surface area contributed by atoms with Crippen LogP contribution >= 0.6 is 22.6 Å². The molecule has 1 aliphatic heterocycles. The van der Waals surface area contributed by atoms with E-state index >= 15 is 0 Å². The predicted octanol–water partition coefficient (Wildman–Crippen LogP) is 0.786. The SMILES string of the molecule is CCCCOC(=O)N(CC#CI)C1NC(=O)NC1=O. The van der Waals surface area contributed by atoms with Gasteiger partial charge in [-0.15, -0.1) is 0 Å². The maximum atomic E-state index is 11.9. The Morgan fingerprint density at radius 2 is 2.26 bits per heavy atom. The molecule has 0 aromatic carbocycles. The van der Waals surface area contributed by atoms with E-state index in [0.717, 1.165) is 17.7 Å². The highest BCUT2D eigenvalue weighted by molar-refractivity contribution is 14.1. The molecule has 0 aromatic rings. The maximum Gasteiger partial charge on any atom is 0.412 e. The molecule has 1 aliphatic rings. The second-order valence-electron chi connectivity index (χ2n) is 3.73. The van der Waals surface area contributed by atoms with Crippen LogP contribution in [0.25, 0.3) is 0 Å². The summed E-state index contributed by atoms with van der Waals surface area (Å²) in [7, 11) is 0. The molecule has 1 heterocycles. The first-order chi connectivity index (χ1) is 9.10. The first-order valence-corrected chi connectivity index (χ1v) is 6.81. The molecule has 0 saturated carbocycles. The van der Waals surface area contributed by atoms with Crippen molar-refractivity contribution < 1.29 is 19.1 Å². The van der Waals surface area contributed by atoms with Gasteiger partial charge in [0.1, 0.15) is 0 Å². The molecule has 1 atom stereocenters. The summed E-state index contributed by atoms with van der Waals surface area (Å²) >= 11 is 1.82. The van der Waals surface area contributed by atoms with Crippen LogP contribution in [0, 0.1) is 9.85 Å². The van der Waals surface area contributed by atoms with Gasteiger partial charge in [-0.3, -0.25) is 15.0 Å². The van der Waals surface area contributed by atoms with Gasteiger partial charge in [0.25, 0.3) is 5.91 Å². The van der Waals surface area contributed by atoms with Crippen LogP contribution < -0.4 is 10.6 Å². The lowest BCUT2D eigenvalue weighted by Gasteiger charge is -2.23. The van der Waals surface area contributed by atoms with E-state index in [4.69, 9.17) is 4.74 Å². The van der Waals surface area contributed by atoms with Gasteiger partial charge < -0.3 is 10.1 Å². The third kappa shape index (κ3) is 4.59. The molecule has 1 fully saturated rings. The molecule has 1 rings (SSSR count). The van der Waals surface area contributed by atoms with Crippen molar-refractivity contribution in [3.05, 3.63) is 0 Å². The number of halogens is 1. The summed E-state index contributed by atoms with van der Waals surface area (Å²) in [6.45, 7) is 2.25. The number of carbonyl (C=O) groups is 3. The average molecular weight is 379 g/mol. The van der Waals surface area contributed by atoms with Gasteiger partial charge in [0.2, 0.25) is 0 Å². The topological polar surface area (TPSA) is 87.7 Å². The maximum absolute atomic E-state index is 11.9. The number of carbonyl (C=O) groups excluding carboxylic acids is 3. The van der Waals surface area contributed by atoms with Crippen LogP contribution in [0.4, 0.5) is 9.59 Å². The van der Waals surface area contributed by atoms with Gasteiger partial charge in [0, 0.05) is 22.6 Å². The van der Waals surface area contributed by atoms with E-state index in [9.17, 15) is 14.4 Å². The number of nitrogens with one attached hydrogen (secondary N) is 2. The normalized spacial score (nSPS) is 17.1. The zero-order valence-corrected chi connectivity index (χ0v) is 12.5. The average Bonchev–Trinajstić information content (AvgIpc) is 2.69.